The minimum Gasteiger partial charge on any atom is -0.486 e. The summed E-state index contributed by atoms with van der Waals surface area (Å²) in [4.78, 5) is 35.8. The number of ether oxygens (including phenoxy) is 2. The Labute approximate surface area is 395 Å². The largest absolute Gasteiger partial charge is 0.486 e. The van der Waals surface area contributed by atoms with Crippen LogP contribution in [-0.2, 0) is 0 Å². The quantitative estimate of drug-likeness (QED) is 0.136. The summed E-state index contributed by atoms with van der Waals surface area (Å²) >= 11 is 5.72. The summed E-state index contributed by atoms with van der Waals surface area (Å²) in [7, 11) is 0. The lowest BCUT2D eigenvalue weighted by Crippen LogP contribution is -2.42. The van der Waals surface area contributed by atoms with E-state index in [0.29, 0.717) is 28.8 Å². The minimum atomic E-state index is -0.0172. The number of halogens is 1. The van der Waals surface area contributed by atoms with Gasteiger partial charge in [0.2, 0.25) is 0 Å². The minimum absolute atomic E-state index is 0.0172. The van der Waals surface area contributed by atoms with E-state index in [1.54, 1.807) is 24.3 Å². The van der Waals surface area contributed by atoms with E-state index in [-0.39, 0.29) is 6.10 Å². The summed E-state index contributed by atoms with van der Waals surface area (Å²) in [6.45, 7) is 32.4. The number of aryl methyl sites for hydroxylation is 1. The van der Waals surface area contributed by atoms with Gasteiger partial charge in [0.15, 0.2) is 28.6 Å². The first-order valence-electron chi connectivity index (χ1n) is 22.5. The van der Waals surface area contributed by atoms with Gasteiger partial charge < -0.3 is 24.6 Å². The molecule has 3 aliphatic rings. The van der Waals surface area contributed by atoms with Crippen molar-refractivity contribution in [1.29, 1.82) is 0 Å². The first-order chi connectivity index (χ1) is 32.8. The van der Waals surface area contributed by atoms with Gasteiger partial charge in [-0.2, -0.15) is 0 Å². The van der Waals surface area contributed by atoms with Crippen LogP contribution in [0.5, 0.6) is 11.5 Å². The number of hydrogen-bond acceptors (Lipinski definition) is 10. The van der Waals surface area contributed by atoms with Crippen molar-refractivity contribution in [2.24, 2.45) is 0 Å². The van der Waals surface area contributed by atoms with Gasteiger partial charge in [-0.05, 0) is 121 Å². The van der Waals surface area contributed by atoms with E-state index in [1.165, 1.54) is 0 Å². The molecule has 1 atom stereocenters. The van der Waals surface area contributed by atoms with E-state index in [1.807, 2.05) is 67.6 Å². The molecule has 0 saturated carbocycles. The number of nitrogens with zero attached hydrogens (tertiary/aromatic N) is 10. The fourth-order valence-corrected chi connectivity index (χ4v) is 8.72. The van der Waals surface area contributed by atoms with E-state index in [0.717, 1.165) is 144 Å². The second-order valence-electron chi connectivity index (χ2n) is 16.6. The fraction of sp³-hybridized carbons (Fsp3) is 0.264. The van der Waals surface area contributed by atoms with Crippen molar-refractivity contribution in [3.05, 3.63) is 160 Å². The van der Waals surface area contributed by atoms with Gasteiger partial charge in [0, 0.05) is 63.4 Å². The summed E-state index contributed by atoms with van der Waals surface area (Å²) < 4.78 is 12.5. The predicted molar refractivity (Wildman–Crippen MR) is 268 cm³/mol. The molecule has 3 aliphatic heterocycles. The predicted octanol–water partition coefficient (Wildman–Crippen LogP) is 11.0. The van der Waals surface area contributed by atoms with Gasteiger partial charge in [0.1, 0.15) is 29.5 Å². The maximum atomic E-state index is 7.21. The molecular formula is C53H48ClN11O2. The number of benzene rings is 4. The van der Waals surface area contributed by atoms with E-state index in [2.05, 4.69) is 74.9 Å². The fourth-order valence-electron chi connectivity index (χ4n) is 8.57. The highest BCUT2D eigenvalue weighted by Crippen LogP contribution is 2.38. The lowest BCUT2D eigenvalue weighted by molar-refractivity contribution is 0.0622. The molecule has 0 aliphatic carbocycles. The van der Waals surface area contributed by atoms with Gasteiger partial charge in [-0.15, -0.1) is 0 Å². The van der Waals surface area contributed by atoms with Gasteiger partial charge in [-0.3, -0.25) is 9.88 Å². The van der Waals surface area contributed by atoms with E-state index in [9.17, 15) is 0 Å². The van der Waals surface area contributed by atoms with Crippen molar-refractivity contribution in [2.75, 3.05) is 75.3 Å². The molecule has 8 aromatic rings. The molecule has 2 fully saturated rings. The zero-order valence-corrected chi connectivity index (χ0v) is 38.0. The van der Waals surface area contributed by atoms with Crippen LogP contribution in [0.15, 0.2) is 115 Å². The molecule has 2 saturated heterocycles. The first-order valence-corrected chi connectivity index (χ1v) is 22.8. The second kappa shape index (κ2) is 20.7. The number of nitrogens with one attached hydrogen (secondary N) is 1. The maximum Gasteiger partial charge on any atom is 0.187 e. The average molecular weight is 906 g/mol. The van der Waals surface area contributed by atoms with Crippen LogP contribution in [0.4, 0.5) is 28.7 Å². The number of hydrogen-bond donors (Lipinski definition) is 1. The molecule has 0 unspecified atom stereocenters. The molecule has 4 aromatic heterocycles. The maximum absolute atomic E-state index is 7.21. The van der Waals surface area contributed by atoms with Crippen LogP contribution in [0.25, 0.3) is 58.1 Å². The average Bonchev–Trinajstić information content (AvgIpc) is 3.80. The SMILES string of the molecule is [C-]#[N+]c1ccc2nc(Cl)ccc2c1.[C-]#[N+]c1ccc2nc(N3CCCN(C[C@H]4COc5ccc6nc(C)ccc6c5O4)CC3)ccc2c1.[C-]#[N+]c1ccc2nc(N3CCCNCC3)ccc2c1. The first kappa shape index (κ1) is 44.6. The van der Waals surface area contributed by atoms with Crippen molar-refractivity contribution in [3.8, 4) is 11.5 Å². The topological polar surface area (TPSA) is 105 Å². The van der Waals surface area contributed by atoms with Crippen LogP contribution in [0.1, 0.15) is 18.5 Å². The number of anilines is 2. The Morgan fingerprint density at radius 1 is 0.597 bits per heavy atom. The molecule has 11 rings (SSSR count). The molecule has 1 N–H and O–H groups in total. The summed E-state index contributed by atoms with van der Waals surface area (Å²) in [6, 6.07) is 36.5. The Bertz CT molecular complexity index is 3210. The monoisotopic (exact) mass is 905 g/mol. The van der Waals surface area contributed by atoms with Crippen molar-refractivity contribution in [3.63, 3.8) is 0 Å². The third kappa shape index (κ3) is 10.8. The molecule has 0 spiro atoms. The number of pyridine rings is 4. The summed E-state index contributed by atoms with van der Waals surface area (Å²) in [5.41, 5.74) is 6.58. The third-order valence-electron chi connectivity index (χ3n) is 12.0. The molecule has 0 bridgehead atoms. The van der Waals surface area contributed by atoms with E-state index >= 15 is 0 Å². The zero-order chi connectivity index (χ0) is 46.1. The zero-order valence-electron chi connectivity index (χ0n) is 37.2. The smallest absolute Gasteiger partial charge is 0.187 e. The van der Waals surface area contributed by atoms with Crippen molar-refractivity contribution in [1.82, 2.24) is 30.2 Å². The van der Waals surface area contributed by atoms with E-state index in [4.69, 9.17) is 50.8 Å². The van der Waals surface area contributed by atoms with Gasteiger partial charge in [-0.25, -0.2) is 29.5 Å². The lowest BCUT2D eigenvalue weighted by Gasteiger charge is -2.31. The van der Waals surface area contributed by atoms with E-state index < -0.39 is 0 Å². The third-order valence-corrected chi connectivity index (χ3v) is 12.2. The second-order valence-corrected chi connectivity index (χ2v) is 17.0. The summed E-state index contributed by atoms with van der Waals surface area (Å²) in [5.74, 6) is 3.64. The summed E-state index contributed by atoms with van der Waals surface area (Å²) in [6.07, 6.45) is 2.19. The van der Waals surface area contributed by atoms with Crippen LogP contribution in [0, 0.1) is 26.6 Å². The summed E-state index contributed by atoms with van der Waals surface area (Å²) in [5, 5.41) is 7.86. The Morgan fingerprint density at radius 2 is 1.19 bits per heavy atom. The van der Waals surface area contributed by atoms with Crippen molar-refractivity contribution >= 4 is 83.9 Å². The van der Waals surface area contributed by atoms with Crippen LogP contribution in [-0.4, -0.2) is 96.4 Å². The van der Waals surface area contributed by atoms with Gasteiger partial charge in [0.05, 0.1) is 41.8 Å². The molecule has 0 amide bonds. The molecule has 67 heavy (non-hydrogen) atoms. The Morgan fingerprint density at radius 3 is 1.85 bits per heavy atom. The highest BCUT2D eigenvalue weighted by atomic mass is 35.5. The molecule has 334 valence electrons. The Balaban J connectivity index is 0.000000146. The molecule has 14 heteroatoms. The van der Waals surface area contributed by atoms with Crippen LogP contribution < -0.4 is 24.6 Å². The number of fused-ring (bicyclic) bond motifs is 6. The molecule has 7 heterocycles. The van der Waals surface area contributed by atoms with Crippen molar-refractivity contribution < 1.29 is 9.47 Å². The van der Waals surface area contributed by atoms with Gasteiger partial charge in [-0.1, -0.05) is 48.0 Å². The van der Waals surface area contributed by atoms with Crippen LogP contribution in [0.2, 0.25) is 5.15 Å². The molecule has 13 nitrogen and oxygen atoms in total. The van der Waals surface area contributed by atoms with Crippen LogP contribution >= 0.6 is 11.6 Å². The molecule has 0 radical (unpaired) electrons. The molecule has 4 aromatic carbocycles. The number of rotatable bonds is 4. The Hall–Kier alpha value is -7.60. The van der Waals surface area contributed by atoms with Crippen LogP contribution in [0.3, 0.4) is 0 Å². The highest BCUT2D eigenvalue weighted by molar-refractivity contribution is 6.29. The standard InChI is InChI=1S/C28H27N5O2.C15H16N4.C10H5ClN2/c1-19-4-7-23-25(30-19)9-10-26-28(23)35-22(18-34-26)17-32-12-3-13-33(15-14-32)27-11-5-20-16-21(29-2)6-8-24(20)31-27;1-16-13-4-5-14-12(11-13)3-6-15(18-14)19-9-2-7-17-8-10-19;1-12-8-3-4-9-7(6-8)2-5-10(11)13-9/h4-11,16,22H,3,12-15,17-18H2,1H3;3-6,11,17H,2,7-10H2;2-6H/t22-;;/m0../s1. The highest BCUT2D eigenvalue weighted by Gasteiger charge is 2.27. The lowest BCUT2D eigenvalue weighted by atomic mass is 10.1. The van der Waals surface area contributed by atoms with Crippen molar-refractivity contribution in [2.45, 2.75) is 25.9 Å². The van der Waals surface area contributed by atoms with Gasteiger partial charge >= 0.3 is 0 Å². The molecular weight excluding hydrogens is 858 g/mol. The normalized spacial score (nSPS) is 16.1. The van der Waals surface area contributed by atoms with Gasteiger partial charge in [0.25, 0.3) is 0 Å². The number of aromatic nitrogens is 4. The Kier molecular flexibility index (Phi) is 13.8.